The molecule has 0 saturated heterocycles. The highest BCUT2D eigenvalue weighted by Gasteiger charge is 2.04. The van der Waals surface area contributed by atoms with Gasteiger partial charge in [0, 0.05) is 24.7 Å². The Balaban J connectivity index is 2.46. The van der Waals surface area contributed by atoms with Crippen molar-refractivity contribution in [1.82, 2.24) is 9.97 Å². The second kappa shape index (κ2) is 7.11. The van der Waals surface area contributed by atoms with Gasteiger partial charge in [-0.2, -0.15) is 0 Å². The third-order valence-electron chi connectivity index (χ3n) is 1.97. The topological polar surface area (TPSA) is 47.0 Å². The Kier molecular flexibility index (Phi) is 5.76. The molecule has 1 heterocycles. The molecule has 0 aliphatic heterocycles. The minimum Gasteiger partial charge on any atom is -0.375 e. The van der Waals surface area contributed by atoms with E-state index in [0.29, 0.717) is 12.2 Å². The van der Waals surface area contributed by atoms with Crippen molar-refractivity contribution in [2.45, 2.75) is 26.7 Å². The van der Waals surface area contributed by atoms with Crippen molar-refractivity contribution < 1.29 is 13.5 Å². The maximum atomic E-state index is 11.8. The number of rotatable bonds is 7. The Labute approximate surface area is 99.4 Å². The van der Waals surface area contributed by atoms with Crippen molar-refractivity contribution in [3.8, 4) is 0 Å². The number of anilines is 1. The molecule has 0 atom stereocenters. The average molecular weight is 245 g/mol. The predicted molar refractivity (Wildman–Crippen MR) is 61.5 cm³/mol. The SMILES string of the molecule is CCNc1cc(C)nc(CCOCC(F)F)n1. The number of hydrogen-bond donors (Lipinski definition) is 1. The molecule has 0 unspecified atom stereocenters. The van der Waals surface area contributed by atoms with Gasteiger partial charge >= 0.3 is 0 Å². The first kappa shape index (κ1) is 13.8. The van der Waals surface area contributed by atoms with Crippen LogP contribution in [0.3, 0.4) is 0 Å². The molecule has 0 spiro atoms. The summed E-state index contributed by atoms with van der Waals surface area (Å²) in [5.41, 5.74) is 0.847. The molecule has 17 heavy (non-hydrogen) atoms. The molecule has 1 aromatic heterocycles. The predicted octanol–water partition coefficient (Wildman–Crippen LogP) is 2.04. The number of hydrogen-bond acceptors (Lipinski definition) is 4. The molecule has 0 saturated carbocycles. The van der Waals surface area contributed by atoms with E-state index >= 15 is 0 Å². The van der Waals surface area contributed by atoms with E-state index in [-0.39, 0.29) is 6.61 Å². The minimum absolute atomic E-state index is 0.208. The number of halogens is 2. The first-order chi connectivity index (χ1) is 8.11. The van der Waals surface area contributed by atoms with Gasteiger partial charge in [-0.15, -0.1) is 0 Å². The van der Waals surface area contributed by atoms with Gasteiger partial charge in [0.2, 0.25) is 0 Å². The summed E-state index contributed by atoms with van der Waals surface area (Å²) < 4.78 is 28.4. The quantitative estimate of drug-likeness (QED) is 0.747. The second-order valence-corrected chi connectivity index (χ2v) is 3.56. The van der Waals surface area contributed by atoms with Crippen LogP contribution in [0.2, 0.25) is 0 Å². The van der Waals surface area contributed by atoms with Crippen LogP contribution in [0.1, 0.15) is 18.4 Å². The molecule has 0 radical (unpaired) electrons. The van der Waals surface area contributed by atoms with Crippen molar-refractivity contribution in [2.75, 3.05) is 25.1 Å². The van der Waals surface area contributed by atoms with E-state index in [9.17, 15) is 8.78 Å². The molecule has 4 nitrogen and oxygen atoms in total. The molecule has 1 aromatic rings. The van der Waals surface area contributed by atoms with Crippen LogP contribution >= 0.6 is 0 Å². The lowest BCUT2D eigenvalue weighted by Crippen LogP contribution is -2.10. The summed E-state index contributed by atoms with van der Waals surface area (Å²) in [7, 11) is 0. The van der Waals surface area contributed by atoms with E-state index in [1.165, 1.54) is 0 Å². The highest BCUT2D eigenvalue weighted by molar-refractivity contribution is 5.35. The van der Waals surface area contributed by atoms with E-state index in [4.69, 9.17) is 4.74 Å². The van der Waals surface area contributed by atoms with Crippen molar-refractivity contribution >= 4 is 5.82 Å². The zero-order valence-corrected chi connectivity index (χ0v) is 10.0. The van der Waals surface area contributed by atoms with Gasteiger partial charge in [0.1, 0.15) is 18.2 Å². The molecule has 1 N–H and O–H groups in total. The zero-order valence-electron chi connectivity index (χ0n) is 10.0. The van der Waals surface area contributed by atoms with Gasteiger partial charge in [0.15, 0.2) is 0 Å². The summed E-state index contributed by atoms with van der Waals surface area (Å²) in [6.07, 6.45) is -1.99. The van der Waals surface area contributed by atoms with Gasteiger partial charge in [0.25, 0.3) is 6.43 Å². The summed E-state index contributed by atoms with van der Waals surface area (Å²) >= 11 is 0. The van der Waals surface area contributed by atoms with E-state index in [2.05, 4.69) is 15.3 Å². The van der Waals surface area contributed by atoms with Crippen molar-refractivity contribution in [3.05, 3.63) is 17.6 Å². The Hall–Kier alpha value is -1.30. The highest BCUT2D eigenvalue weighted by atomic mass is 19.3. The van der Waals surface area contributed by atoms with Crippen LogP contribution in [0.5, 0.6) is 0 Å². The number of ether oxygens (including phenoxy) is 1. The summed E-state index contributed by atoms with van der Waals surface area (Å²) in [6, 6.07) is 1.84. The molecule has 0 amide bonds. The highest BCUT2D eigenvalue weighted by Crippen LogP contribution is 2.06. The first-order valence-electron chi connectivity index (χ1n) is 5.56. The molecule has 0 aliphatic carbocycles. The molecule has 0 aliphatic rings. The Bertz CT molecular complexity index is 347. The fraction of sp³-hybridized carbons (Fsp3) is 0.636. The minimum atomic E-state index is -2.43. The van der Waals surface area contributed by atoms with Gasteiger partial charge in [-0.05, 0) is 13.8 Å². The Morgan fingerprint density at radius 3 is 2.82 bits per heavy atom. The largest absolute Gasteiger partial charge is 0.375 e. The molecule has 1 rings (SSSR count). The number of alkyl halides is 2. The van der Waals surface area contributed by atoms with Gasteiger partial charge < -0.3 is 10.1 Å². The lowest BCUT2D eigenvalue weighted by atomic mass is 10.3. The van der Waals surface area contributed by atoms with Crippen LogP contribution in [0.4, 0.5) is 14.6 Å². The molecular formula is C11H17F2N3O. The average Bonchev–Trinajstić information content (AvgIpc) is 2.24. The molecule has 0 bridgehead atoms. The first-order valence-corrected chi connectivity index (χ1v) is 5.56. The summed E-state index contributed by atoms with van der Waals surface area (Å²) in [4.78, 5) is 8.46. The molecule has 6 heteroatoms. The fourth-order valence-corrected chi connectivity index (χ4v) is 1.35. The van der Waals surface area contributed by atoms with E-state index in [1.807, 2.05) is 19.9 Å². The fourth-order valence-electron chi connectivity index (χ4n) is 1.35. The number of aryl methyl sites for hydroxylation is 1. The third-order valence-corrected chi connectivity index (χ3v) is 1.97. The normalized spacial score (nSPS) is 10.9. The Morgan fingerprint density at radius 2 is 2.18 bits per heavy atom. The van der Waals surface area contributed by atoms with E-state index in [1.54, 1.807) is 0 Å². The monoisotopic (exact) mass is 245 g/mol. The van der Waals surface area contributed by atoms with Gasteiger partial charge in [-0.1, -0.05) is 0 Å². The molecule has 96 valence electrons. The van der Waals surface area contributed by atoms with Gasteiger partial charge in [-0.25, -0.2) is 18.7 Å². The second-order valence-electron chi connectivity index (χ2n) is 3.56. The third kappa shape index (κ3) is 5.53. The molecule has 0 fully saturated rings. The lowest BCUT2D eigenvalue weighted by molar-refractivity contribution is 0.0183. The van der Waals surface area contributed by atoms with Gasteiger partial charge in [0.05, 0.1) is 6.61 Å². The van der Waals surface area contributed by atoms with E-state index in [0.717, 1.165) is 18.1 Å². The van der Waals surface area contributed by atoms with Crippen molar-refractivity contribution in [2.24, 2.45) is 0 Å². The van der Waals surface area contributed by atoms with Crippen LogP contribution in [-0.4, -0.2) is 36.2 Å². The molecular weight excluding hydrogens is 228 g/mol. The zero-order chi connectivity index (χ0) is 12.7. The van der Waals surface area contributed by atoms with Crippen molar-refractivity contribution in [3.63, 3.8) is 0 Å². The van der Waals surface area contributed by atoms with Crippen LogP contribution in [0.15, 0.2) is 6.07 Å². The summed E-state index contributed by atoms with van der Waals surface area (Å²) in [6.45, 7) is 4.29. The maximum Gasteiger partial charge on any atom is 0.261 e. The van der Waals surface area contributed by atoms with Crippen LogP contribution < -0.4 is 5.32 Å². The Morgan fingerprint density at radius 1 is 1.41 bits per heavy atom. The number of nitrogens with zero attached hydrogens (tertiary/aromatic N) is 2. The van der Waals surface area contributed by atoms with Crippen molar-refractivity contribution in [1.29, 1.82) is 0 Å². The smallest absolute Gasteiger partial charge is 0.261 e. The standard InChI is InChI=1S/C11H17F2N3O/c1-3-14-11-6-8(2)15-10(16-11)4-5-17-7-9(12)13/h6,9H,3-5,7H2,1-2H3,(H,14,15,16). The van der Waals surface area contributed by atoms with Crippen LogP contribution in [0, 0.1) is 6.92 Å². The molecule has 0 aromatic carbocycles. The summed E-state index contributed by atoms with van der Waals surface area (Å²) in [5.74, 6) is 1.36. The number of nitrogens with one attached hydrogen (secondary N) is 1. The van der Waals surface area contributed by atoms with Gasteiger partial charge in [-0.3, -0.25) is 0 Å². The van der Waals surface area contributed by atoms with Crippen LogP contribution in [0.25, 0.3) is 0 Å². The summed E-state index contributed by atoms with van der Waals surface area (Å²) in [5, 5.41) is 3.09. The maximum absolute atomic E-state index is 11.8. The number of aromatic nitrogens is 2. The van der Waals surface area contributed by atoms with Crippen LogP contribution in [-0.2, 0) is 11.2 Å². The lowest BCUT2D eigenvalue weighted by Gasteiger charge is -2.07. The van der Waals surface area contributed by atoms with E-state index < -0.39 is 13.0 Å².